The Balaban J connectivity index is 1.61. The molecule has 0 aliphatic heterocycles. The summed E-state index contributed by atoms with van der Waals surface area (Å²) in [5, 5.41) is 4.64. The molecule has 5 nitrogen and oxygen atoms in total. The van der Waals surface area contributed by atoms with Gasteiger partial charge in [0.2, 0.25) is 17.6 Å². The number of rotatable bonds is 7. The first-order valence-electron chi connectivity index (χ1n) is 8.56. The average molecular weight is 370 g/mol. The quantitative estimate of drug-likeness (QED) is 0.620. The number of hydrogen-bond donors (Lipinski definition) is 0. The third-order valence-electron chi connectivity index (χ3n) is 4.10. The van der Waals surface area contributed by atoms with Gasteiger partial charge in [-0.1, -0.05) is 47.1 Å². The number of carbonyl (C=O) groups excluding carboxylic acids is 1. The van der Waals surface area contributed by atoms with E-state index in [0.717, 1.165) is 17.5 Å². The Kier molecular flexibility index (Phi) is 6.02. The molecule has 0 N–H and O–H groups in total. The standard InChI is InChI=1S/C20H20ClN3O2/c1-2-24(19(25)13-8-15-6-4-3-5-7-15)14-18-22-20(23-26-18)16-9-11-17(21)12-10-16/h3-7,9-12H,2,8,13-14H2,1H3. The molecule has 0 atom stereocenters. The topological polar surface area (TPSA) is 59.2 Å². The van der Waals surface area contributed by atoms with E-state index in [0.29, 0.717) is 36.2 Å². The Hall–Kier alpha value is -2.66. The molecule has 3 rings (SSSR count). The normalized spacial score (nSPS) is 10.7. The summed E-state index contributed by atoms with van der Waals surface area (Å²) in [6.45, 7) is 2.84. The number of benzene rings is 2. The Morgan fingerprint density at radius 2 is 1.85 bits per heavy atom. The minimum atomic E-state index is 0.0718. The van der Waals surface area contributed by atoms with Gasteiger partial charge in [-0.3, -0.25) is 4.79 Å². The van der Waals surface area contributed by atoms with Crippen LogP contribution in [0.5, 0.6) is 0 Å². The van der Waals surface area contributed by atoms with Gasteiger partial charge in [0.05, 0.1) is 6.54 Å². The van der Waals surface area contributed by atoms with Crippen molar-refractivity contribution in [2.45, 2.75) is 26.3 Å². The van der Waals surface area contributed by atoms with Crippen molar-refractivity contribution in [1.29, 1.82) is 0 Å². The van der Waals surface area contributed by atoms with Gasteiger partial charge in [-0.05, 0) is 43.2 Å². The fourth-order valence-corrected chi connectivity index (χ4v) is 2.75. The molecule has 134 valence electrons. The maximum absolute atomic E-state index is 12.5. The van der Waals surface area contributed by atoms with Crippen molar-refractivity contribution in [3.05, 3.63) is 71.1 Å². The predicted molar refractivity (Wildman–Crippen MR) is 101 cm³/mol. The van der Waals surface area contributed by atoms with E-state index in [1.165, 1.54) is 0 Å². The van der Waals surface area contributed by atoms with Gasteiger partial charge < -0.3 is 9.42 Å². The molecule has 0 aliphatic rings. The summed E-state index contributed by atoms with van der Waals surface area (Å²) in [6.07, 6.45) is 1.17. The second-order valence-electron chi connectivity index (χ2n) is 5.91. The number of carbonyl (C=O) groups is 1. The van der Waals surface area contributed by atoms with Crippen molar-refractivity contribution in [1.82, 2.24) is 15.0 Å². The molecule has 0 unspecified atom stereocenters. The molecule has 0 saturated carbocycles. The van der Waals surface area contributed by atoms with Gasteiger partial charge in [0.15, 0.2) is 0 Å². The number of halogens is 1. The third kappa shape index (κ3) is 4.70. The van der Waals surface area contributed by atoms with Crippen molar-refractivity contribution in [3.8, 4) is 11.4 Å². The monoisotopic (exact) mass is 369 g/mol. The Morgan fingerprint density at radius 1 is 1.12 bits per heavy atom. The van der Waals surface area contributed by atoms with Crippen LogP contribution in [0.4, 0.5) is 0 Å². The highest BCUT2D eigenvalue weighted by Crippen LogP contribution is 2.19. The molecule has 1 heterocycles. The molecule has 3 aromatic rings. The molecule has 0 aliphatic carbocycles. The number of nitrogens with zero attached hydrogens (tertiary/aromatic N) is 3. The first-order valence-corrected chi connectivity index (χ1v) is 8.93. The Morgan fingerprint density at radius 3 is 2.54 bits per heavy atom. The highest BCUT2D eigenvalue weighted by atomic mass is 35.5. The van der Waals surface area contributed by atoms with Gasteiger partial charge in [-0.15, -0.1) is 0 Å². The lowest BCUT2D eigenvalue weighted by Gasteiger charge is -2.18. The molecule has 1 aromatic heterocycles. The molecule has 0 saturated heterocycles. The maximum atomic E-state index is 12.5. The molecule has 0 spiro atoms. The summed E-state index contributed by atoms with van der Waals surface area (Å²) < 4.78 is 5.31. The van der Waals surface area contributed by atoms with Crippen LogP contribution in [-0.2, 0) is 17.8 Å². The first-order chi connectivity index (χ1) is 12.7. The summed E-state index contributed by atoms with van der Waals surface area (Å²) >= 11 is 5.89. The lowest BCUT2D eigenvalue weighted by atomic mass is 10.1. The van der Waals surface area contributed by atoms with Gasteiger partial charge in [0, 0.05) is 23.6 Å². The zero-order valence-corrected chi connectivity index (χ0v) is 15.3. The summed E-state index contributed by atoms with van der Waals surface area (Å²) in [6, 6.07) is 17.2. The second kappa shape index (κ2) is 8.63. The average Bonchev–Trinajstić information content (AvgIpc) is 3.14. The van der Waals surface area contributed by atoms with Crippen LogP contribution in [0.2, 0.25) is 5.02 Å². The minimum absolute atomic E-state index is 0.0718. The molecule has 0 fully saturated rings. The van der Waals surface area contributed by atoms with E-state index in [-0.39, 0.29) is 5.91 Å². The molecule has 0 bridgehead atoms. The molecule has 26 heavy (non-hydrogen) atoms. The lowest BCUT2D eigenvalue weighted by molar-refractivity contribution is -0.131. The predicted octanol–water partition coefficient (Wildman–Crippen LogP) is 4.37. The largest absolute Gasteiger partial charge is 0.337 e. The fraction of sp³-hybridized carbons (Fsp3) is 0.250. The van der Waals surface area contributed by atoms with Crippen LogP contribution in [0.15, 0.2) is 59.1 Å². The van der Waals surface area contributed by atoms with Gasteiger partial charge in [-0.25, -0.2) is 0 Å². The zero-order chi connectivity index (χ0) is 18.4. The smallest absolute Gasteiger partial charge is 0.246 e. The summed E-state index contributed by atoms with van der Waals surface area (Å²) in [5.74, 6) is 0.983. The van der Waals surface area contributed by atoms with Gasteiger partial charge in [-0.2, -0.15) is 4.98 Å². The van der Waals surface area contributed by atoms with E-state index in [2.05, 4.69) is 10.1 Å². The van der Waals surface area contributed by atoms with E-state index >= 15 is 0 Å². The Labute approximate surface area is 157 Å². The zero-order valence-electron chi connectivity index (χ0n) is 14.6. The highest BCUT2D eigenvalue weighted by molar-refractivity contribution is 6.30. The molecule has 1 amide bonds. The summed E-state index contributed by atoms with van der Waals surface area (Å²) in [4.78, 5) is 18.6. The van der Waals surface area contributed by atoms with Crippen LogP contribution in [-0.4, -0.2) is 27.5 Å². The number of amides is 1. The van der Waals surface area contributed by atoms with Crippen molar-refractivity contribution < 1.29 is 9.32 Å². The molecule has 6 heteroatoms. The van der Waals surface area contributed by atoms with E-state index < -0.39 is 0 Å². The van der Waals surface area contributed by atoms with Crippen LogP contribution in [0.3, 0.4) is 0 Å². The van der Waals surface area contributed by atoms with E-state index in [4.69, 9.17) is 16.1 Å². The van der Waals surface area contributed by atoms with Crippen LogP contribution in [0.25, 0.3) is 11.4 Å². The van der Waals surface area contributed by atoms with Crippen molar-refractivity contribution in [2.75, 3.05) is 6.54 Å². The van der Waals surface area contributed by atoms with Gasteiger partial charge in [0.25, 0.3) is 0 Å². The van der Waals surface area contributed by atoms with Crippen molar-refractivity contribution in [3.63, 3.8) is 0 Å². The van der Waals surface area contributed by atoms with Crippen LogP contribution in [0.1, 0.15) is 24.8 Å². The SMILES string of the molecule is CCN(Cc1nc(-c2ccc(Cl)cc2)no1)C(=O)CCc1ccccc1. The van der Waals surface area contributed by atoms with Gasteiger partial charge >= 0.3 is 0 Å². The fourth-order valence-electron chi connectivity index (χ4n) is 2.63. The third-order valence-corrected chi connectivity index (χ3v) is 4.35. The molecule has 0 radical (unpaired) electrons. The maximum Gasteiger partial charge on any atom is 0.246 e. The molecule has 2 aromatic carbocycles. The van der Waals surface area contributed by atoms with Crippen LogP contribution in [0, 0.1) is 0 Å². The number of aryl methyl sites for hydroxylation is 1. The highest BCUT2D eigenvalue weighted by Gasteiger charge is 2.16. The number of hydrogen-bond acceptors (Lipinski definition) is 4. The van der Waals surface area contributed by atoms with Crippen molar-refractivity contribution >= 4 is 17.5 Å². The number of aromatic nitrogens is 2. The second-order valence-corrected chi connectivity index (χ2v) is 6.35. The Bertz CT molecular complexity index is 847. The van der Waals surface area contributed by atoms with Crippen LogP contribution < -0.4 is 0 Å². The lowest BCUT2D eigenvalue weighted by Crippen LogP contribution is -2.30. The van der Waals surface area contributed by atoms with E-state index in [9.17, 15) is 4.79 Å². The van der Waals surface area contributed by atoms with Crippen LogP contribution >= 0.6 is 11.6 Å². The van der Waals surface area contributed by atoms with E-state index in [1.54, 1.807) is 17.0 Å². The summed E-state index contributed by atoms with van der Waals surface area (Å²) in [5.41, 5.74) is 1.97. The molecular weight excluding hydrogens is 350 g/mol. The minimum Gasteiger partial charge on any atom is -0.337 e. The van der Waals surface area contributed by atoms with Gasteiger partial charge in [0.1, 0.15) is 0 Å². The van der Waals surface area contributed by atoms with E-state index in [1.807, 2.05) is 49.4 Å². The van der Waals surface area contributed by atoms with Crippen molar-refractivity contribution in [2.24, 2.45) is 0 Å². The first kappa shape index (κ1) is 18.1. The summed E-state index contributed by atoms with van der Waals surface area (Å²) in [7, 11) is 0. The molecular formula is C20H20ClN3O2.